The van der Waals surface area contributed by atoms with Crippen LogP contribution in [0.15, 0.2) is 23.4 Å². The van der Waals surface area contributed by atoms with Gasteiger partial charge in [0.05, 0.1) is 0 Å². The maximum absolute atomic E-state index is 13.7. The number of benzene rings is 1. The molecule has 2 aliphatic carbocycles. The third-order valence-corrected chi connectivity index (χ3v) is 4.93. The molecule has 0 N–H and O–H groups in total. The summed E-state index contributed by atoms with van der Waals surface area (Å²) >= 11 is 1.44. The molecule has 0 saturated heterocycles. The first-order valence-corrected chi connectivity index (χ1v) is 8.23. The van der Waals surface area contributed by atoms with E-state index in [9.17, 15) is 8.78 Å². The first-order chi connectivity index (χ1) is 10.2. The van der Waals surface area contributed by atoms with Crippen molar-refractivity contribution in [3.63, 3.8) is 0 Å². The van der Waals surface area contributed by atoms with Crippen LogP contribution in [0, 0.1) is 11.6 Å². The van der Waals surface area contributed by atoms with Gasteiger partial charge in [-0.25, -0.2) is 8.78 Å². The first-order valence-electron chi connectivity index (χ1n) is 7.24. The van der Waals surface area contributed by atoms with Gasteiger partial charge in [-0.2, -0.15) is 0 Å². The Labute approximate surface area is 125 Å². The van der Waals surface area contributed by atoms with Gasteiger partial charge in [-0.05, 0) is 31.7 Å². The molecule has 0 spiro atoms. The summed E-state index contributed by atoms with van der Waals surface area (Å²) in [6.45, 7) is 0. The van der Waals surface area contributed by atoms with Gasteiger partial charge >= 0.3 is 0 Å². The molecule has 0 atom stereocenters. The summed E-state index contributed by atoms with van der Waals surface area (Å²) in [4.78, 5) is 0. The van der Waals surface area contributed by atoms with Crippen molar-refractivity contribution < 1.29 is 8.78 Å². The molecule has 110 valence electrons. The quantitative estimate of drug-likeness (QED) is 0.780. The number of hydrogen-bond donors (Lipinski definition) is 0. The third-order valence-electron chi connectivity index (χ3n) is 3.93. The number of halogens is 2. The van der Waals surface area contributed by atoms with Crippen LogP contribution in [0.1, 0.15) is 49.0 Å². The number of aromatic nitrogens is 3. The van der Waals surface area contributed by atoms with Crippen molar-refractivity contribution in [2.45, 2.75) is 48.6 Å². The minimum Gasteiger partial charge on any atom is -0.303 e. The molecule has 1 heterocycles. The van der Waals surface area contributed by atoms with Gasteiger partial charge in [-0.3, -0.25) is 0 Å². The summed E-state index contributed by atoms with van der Waals surface area (Å²) in [5.41, 5.74) is 0.373. The molecule has 1 aromatic heterocycles. The summed E-state index contributed by atoms with van der Waals surface area (Å²) < 4.78 is 29.1. The molecule has 21 heavy (non-hydrogen) atoms. The molecular weight excluding hydrogens is 292 g/mol. The van der Waals surface area contributed by atoms with Gasteiger partial charge < -0.3 is 4.57 Å². The number of hydrogen-bond acceptors (Lipinski definition) is 3. The van der Waals surface area contributed by atoms with Crippen molar-refractivity contribution in [2.24, 2.45) is 0 Å². The van der Waals surface area contributed by atoms with Crippen LogP contribution in [-0.2, 0) is 5.75 Å². The van der Waals surface area contributed by atoms with Crippen molar-refractivity contribution in [3.8, 4) is 0 Å². The van der Waals surface area contributed by atoms with Crippen LogP contribution < -0.4 is 0 Å². The van der Waals surface area contributed by atoms with E-state index in [2.05, 4.69) is 14.8 Å². The van der Waals surface area contributed by atoms with Gasteiger partial charge in [0.2, 0.25) is 0 Å². The molecule has 2 saturated carbocycles. The lowest BCUT2D eigenvalue weighted by Gasteiger charge is -2.08. The molecule has 0 bridgehead atoms. The van der Waals surface area contributed by atoms with Gasteiger partial charge in [-0.15, -0.1) is 10.2 Å². The van der Waals surface area contributed by atoms with Crippen molar-refractivity contribution in [2.75, 3.05) is 0 Å². The first kappa shape index (κ1) is 13.2. The molecule has 0 aliphatic heterocycles. The van der Waals surface area contributed by atoms with E-state index in [4.69, 9.17) is 0 Å². The van der Waals surface area contributed by atoms with E-state index in [0.29, 0.717) is 23.3 Å². The summed E-state index contributed by atoms with van der Waals surface area (Å²) in [6, 6.07) is 4.80. The fourth-order valence-electron chi connectivity index (χ4n) is 2.48. The fraction of sp³-hybridized carbons (Fsp3) is 0.467. The third kappa shape index (κ3) is 2.57. The standard InChI is InChI=1S/C15H15F2N3S/c16-12-3-1-2-10(13(12)17)8-21-15-19-18-14(9-4-5-9)20(15)11-6-7-11/h1-3,9,11H,4-8H2. The zero-order valence-electron chi connectivity index (χ0n) is 11.4. The number of thioether (sulfide) groups is 1. The highest BCUT2D eigenvalue weighted by atomic mass is 32.2. The summed E-state index contributed by atoms with van der Waals surface area (Å²) in [5.74, 6) is 0.456. The molecule has 0 amide bonds. The van der Waals surface area contributed by atoms with Crippen molar-refractivity contribution in [3.05, 3.63) is 41.2 Å². The van der Waals surface area contributed by atoms with E-state index in [1.54, 1.807) is 6.07 Å². The maximum atomic E-state index is 13.7. The zero-order valence-corrected chi connectivity index (χ0v) is 12.2. The Morgan fingerprint density at radius 1 is 1.14 bits per heavy atom. The predicted molar refractivity (Wildman–Crippen MR) is 76.2 cm³/mol. The number of nitrogens with zero attached hydrogens (tertiary/aromatic N) is 3. The molecule has 1 aromatic carbocycles. The Morgan fingerprint density at radius 2 is 1.95 bits per heavy atom. The average Bonchev–Trinajstić information content (AvgIpc) is 3.39. The largest absolute Gasteiger partial charge is 0.303 e. The van der Waals surface area contributed by atoms with E-state index >= 15 is 0 Å². The molecule has 3 nitrogen and oxygen atoms in total. The summed E-state index contributed by atoms with van der Waals surface area (Å²) in [5, 5.41) is 9.42. The number of rotatable bonds is 5. The van der Waals surface area contributed by atoms with Crippen LogP contribution >= 0.6 is 11.8 Å². The van der Waals surface area contributed by atoms with Crippen LogP contribution in [0.4, 0.5) is 8.78 Å². The normalized spacial score (nSPS) is 18.2. The molecule has 4 rings (SSSR count). The molecular formula is C15H15F2N3S. The van der Waals surface area contributed by atoms with Gasteiger partial charge in [0.1, 0.15) is 5.82 Å². The molecule has 0 radical (unpaired) electrons. The minimum atomic E-state index is -0.796. The zero-order chi connectivity index (χ0) is 14.4. The lowest BCUT2D eigenvalue weighted by atomic mass is 10.2. The van der Waals surface area contributed by atoms with Gasteiger partial charge in [0.25, 0.3) is 0 Å². The lowest BCUT2D eigenvalue weighted by Crippen LogP contribution is -2.02. The monoisotopic (exact) mass is 307 g/mol. The Balaban J connectivity index is 1.56. The van der Waals surface area contributed by atoms with Crippen LogP contribution in [0.3, 0.4) is 0 Å². The highest BCUT2D eigenvalue weighted by Crippen LogP contribution is 2.46. The predicted octanol–water partition coefficient (Wildman–Crippen LogP) is 4.06. The van der Waals surface area contributed by atoms with Gasteiger partial charge in [-0.1, -0.05) is 23.9 Å². The molecule has 2 aliphatic rings. The van der Waals surface area contributed by atoms with Crippen LogP contribution in [0.2, 0.25) is 0 Å². The highest BCUT2D eigenvalue weighted by molar-refractivity contribution is 7.98. The molecule has 0 unspecified atom stereocenters. The van der Waals surface area contributed by atoms with Crippen molar-refractivity contribution >= 4 is 11.8 Å². The summed E-state index contributed by atoms with van der Waals surface area (Å²) in [7, 11) is 0. The Bertz CT molecular complexity index is 678. The fourth-order valence-corrected chi connectivity index (χ4v) is 3.47. The average molecular weight is 307 g/mol. The van der Waals surface area contributed by atoms with E-state index in [1.807, 2.05) is 0 Å². The van der Waals surface area contributed by atoms with E-state index in [0.717, 1.165) is 17.0 Å². The SMILES string of the molecule is Fc1cccc(CSc2nnc(C3CC3)n2C2CC2)c1F. The Hall–Kier alpha value is -1.43. The van der Waals surface area contributed by atoms with Gasteiger partial charge in [0, 0.05) is 23.3 Å². The molecule has 2 fully saturated rings. The Morgan fingerprint density at radius 3 is 2.67 bits per heavy atom. The molecule has 6 heteroatoms. The highest BCUT2D eigenvalue weighted by Gasteiger charge is 2.36. The van der Waals surface area contributed by atoms with Crippen LogP contribution in [0.5, 0.6) is 0 Å². The topological polar surface area (TPSA) is 30.7 Å². The van der Waals surface area contributed by atoms with Crippen LogP contribution in [0.25, 0.3) is 0 Å². The van der Waals surface area contributed by atoms with Crippen molar-refractivity contribution in [1.82, 2.24) is 14.8 Å². The maximum Gasteiger partial charge on any atom is 0.191 e. The minimum absolute atomic E-state index is 0.373. The second kappa shape index (κ2) is 5.09. The second-order valence-corrected chi connectivity index (χ2v) is 6.66. The van der Waals surface area contributed by atoms with Crippen LogP contribution in [-0.4, -0.2) is 14.8 Å². The summed E-state index contributed by atoms with van der Waals surface area (Å²) in [6.07, 6.45) is 4.71. The Kier molecular flexibility index (Phi) is 3.21. The second-order valence-electron chi connectivity index (χ2n) is 5.72. The molecule has 2 aromatic rings. The van der Waals surface area contributed by atoms with Gasteiger partial charge in [0.15, 0.2) is 16.8 Å². The van der Waals surface area contributed by atoms with Crippen molar-refractivity contribution in [1.29, 1.82) is 0 Å². The van der Waals surface area contributed by atoms with E-state index in [1.165, 1.54) is 43.5 Å². The lowest BCUT2D eigenvalue weighted by molar-refractivity contribution is 0.502. The van der Waals surface area contributed by atoms with E-state index in [-0.39, 0.29) is 0 Å². The van der Waals surface area contributed by atoms with E-state index < -0.39 is 11.6 Å². The smallest absolute Gasteiger partial charge is 0.191 e.